The number of aryl methyl sites for hydroxylation is 1. The van der Waals surface area contributed by atoms with Gasteiger partial charge in [0.1, 0.15) is 0 Å². The molecule has 3 rings (SSSR count). The quantitative estimate of drug-likeness (QED) is 0.368. The van der Waals surface area contributed by atoms with Crippen LogP contribution in [0, 0.1) is 17.0 Å². The number of nitrogens with zero attached hydrogens (tertiary/aromatic N) is 4. The normalized spacial score (nSPS) is 10.7. The van der Waals surface area contributed by atoms with Crippen LogP contribution in [0.2, 0.25) is 5.02 Å². The molecular weight excluding hydrogens is 402 g/mol. The highest BCUT2D eigenvalue weighted by atomic mass is 35.5. The fraction of sp³-hybridized carbons (Fsp3) is 0.167. The molecule has 0 unspecified atom stereocenters. The van der Waals surface area contributed by atoms with Crippen molar-refractivity contribution in [2.75, 3.05) is 11.1 Å². The number of thioether (sulfide) groups is 1. The molecule has 10 heteroatoms. The van der Waals surface area contributed by atoms with Crippen molar-refractivity contribution in [3.8, 4) is 11.4 Å². The van der Waals surface area contributed by atoms with Crippen LogP contribution in [0.5, 0.6) is 0 Å². The molecule has 144 valence electrons. The Balaban J connectivity index is 1.67. The molecule has 0 saturated heterocycles. The van der Waals surface area contributed by atoms with Crippen molar-refractivity contribution >= 4 is 40.6 Å². The minimum Gasteiger partial charge on any atom is -0.325 e. The summed E-state index contributed by atoms with van der Waals surface area (Å²) >= 11 is 7.28. The van der Waals surface area contributed by atoms with E-state index in [-0.39, 0.29) is 17.3 Å². The van der Waals surface area contributed by atoms with Gasteiger partial charge in [-0.05, 0) is 24.6 Å². The molecule has 0 aliphatic heterocycles. The molecule has 1 aromatic heterocycles. The number of nitrogens with one attached hydrogen (secondary N) is 1. The highest BCUT2D eigenvalue weighted by Gasteiger charge is 2.15. The molecule has 0 atom stereocenters. The number of rotatable bonds is 6. The minimum atomic E-state index is -0.461. The molecule has 0 fully saturated rings. The Morgan fingerprint density at radius 1 is 1.29 bits per heavy atom. The maximum Gasteiger partial charge on any atom is 0.270 e. The van der Waals surface area contributed by atoms with Crippen LogP contribution in [0.1, 0.15) is 5.56 Å². The van der Waals surface area contributed by atoms with Gasteiger partial charge in [-0.15, -0.1) is 10.2 Å². The number of hydrogen-bond donors (Lipinski definition) is 1. The summed E-state index contributed by atoms with van der Waals surface area (Å²) in [4.78, 5) is 22.7. The van der Waals surface area contributed by atoms with Crippen LogP contribution in [0.4, 0.5) is 11.4 Å². The summed E-state index contributed by atoms with van der Waals surface area (Å²) in [6, 6.07) is 11.5. The zero-order valence-corrected chi connectivity index (χ0v) is 16.6. The number of nitro groups is 1. The van der Waals surface area contributed by atoms with E-state index in [0.29, 0.717) is 27.3 Å². The second kappa shape index (κ2) is 8.41. The molecule has 0 spiro atoms. The van der Waals surface area contributed by atoms with E-state index in [2.05, 4.69) is 15.5 Å². The maximum atomic E-state index is 12.2. The Kier molecular flexibility index (Phi) is 5.96. The molecule has 0 aliphatic rings. The van der Waals surface area contributed by atoms with Crippen LogP contribution in [0.3, 0.4) is 0 Å². The van der Waals surface area contributed by atoms with Gasteiger partial charge in [-0.2, -0.15) is 0 Å². The number of anilines is 1. The molecule has 8 nitrogen and oxygen atoms in total. The topological polar surface area (TPSA) is 103 Å². The highest BCUT2D eigenvalue weighted by Crippen LogP contribution is 2.26. The van der Waals surface area contributed by atoms with Crippen LogP contribution in [0.15, 0.2) is 47.6 Å². The van der Waals surface area contributed by atoms with Crippen molar-refractivity contribution in [1.82, 2.24) is 14.8 Å². The van der Waals surface area contributed by atoms with Gasteiger partial charge < -0.3 is 9.88 Å². The van der Waals surface area contributed by atoms with Crippen molar-refractivity contribution in [3.05, 3.63) is 63.2 Å². The summed E-state index contributed by atoms with van der Waals surface area (Å²) in [5.74, 6) is 0.411. The molecule has 1 N–H and O–H groups in total. The third kappa shape index (κ3) is 4.49. The van der Waals surface area contributed by atoms with Gasteiger partial charge in [0.15, 0.2) is 11.0 Å². The number of benzene rings is 2. The zero-order valence-electron chi connectivity index (χ0n) is 15.0. The van der Waals surface area contributed by atoms with E-state index in [1.807, 2.05) is 13.0 Å². The third-order valence-electron chi connectivity index (χ3n) is 3.94. The number of amides is 1. The summed E-state index contributed by atoms with van der Waals surface area (Å²) in [6.45, 7) is 1.89. The van der Waals surface area contributed by atoms with E-state index in [1.165, 1.54) is 23.9 Å². The van der Waals surface area contributed by atoms with Crippen molar-refractivity contribution in [3.63, 3.8) is 0 Å². The number of nitro benzene ring substituents is 1. The van der Waals surface area contributed by atoms with Gasteiger partial charge in [0.25, 0.3) is 5.69 Å². The number of aromatic nitrogens is 3. The molecular formula is C18H16ClN5O3S. The average Bonchev–Trinajstić information content (AvgIpc) is 3.03. The molecule has 1 heterocycles. The van der Waals surface area contributed by atoms with E-state index in [9.17, 15) is 14.9 Å². The van der Waals surface area contributed by atoms with Crippen molar-refractivity contribution in [2.45, 2.75) is 12.1 Å². The second-order valence-electron chi connectivity index (χ2n) is 5.97. The van der Waals surface area contributed by atoms with Crippen molar-refractivity contribution in [1.29, 1.82) is 0 Å². The fourth-order valence-corrected chi connectivity index (χ4v) is 3.34. The monoisotopic (exact) mass is 417 g/mol. The number of carbonyl (C=O) groups excluding carboxylic acids is 1. The largest absolute Gasteiger partial charge is 0.325 e. The Morgan fingerprint density at radius 2 is 2.07 bits per heavy atom. The molecule has 3 aromatic rings. The SMILES string of the molecule is Cc1ccc(NC(=O)CSc2nnc(-c3cccc([N+](=O)[O-])c3)n2C)cc1Cl. The van der Waals surface area contributed by atoms with Crippen molar-refractivity contribution < 1.29 is 9.72 Å². The lowest BCUT2D eigenvalue weighted by Gasteiger charge is -2.07. The number of halogens is 1. The number of carbonyl (C=O) groups is 1. The van der Waals surface area contributed by atoms with Gasteiger partial charge in [-0.25, -0.2) is 0 Å². The van der Waals surface area contributed by atoms with Crippen LogP contribution in [0.25, 0.3) is 11.4 Å². The smallest absolute Gasteiger partial charge is 0.270 e. The zero-order chi connectivity index (χ0) is 20.3. The van der Waals surface area contributed by atoms with E-state index in [0.717, 1.165) is 5.56 Å². The summed E-state index contributed by atoms with van der Waals surface area (Å²) < 4.78 is 1.69. The Labute approximate surface area is 170 Å². The second-order valence-corrected chi connectivity index (χ2v) is 7.32. The average molecular weight is 418 g/mol. The lowest BCUT2D eigenvalue weighted by Crippen LogP contribution is -2.14. The molecule has 28 heavy (non-hydrogen) atoms. The van der Waals surface area contributed by atoms with E-state index in [1.54, 1.807) is 35.9 Å². The van der Waals surface area contributed by atoms with Gasteiger partial charge in [0.2, 0.25) is 5.91 Å². The first-order valence-electron chi connectivity index (χ1n) is 8.18. The van der Waals surface area contributed by atoms with Crippen LogP contribution in [-0.4, -0.2) is 31.3 Å². The lowest BCUT2D eigenvalue weighted by atomic mass is 10.2. The van der Waals surface area contributed by atoms with Gasteiger partial charge in [0, 0.05) is 35.5 Å². The summed E-state index contributed by atoms with van der Waals surface area (Å²) in [5, 5.41) is 23.0. The lowest BCUT2D eigenvalue weighted by molar-refractivity contribution is -0.384. The highest BCUT2D eigenvalue weighted by molar-refractivity contribution is 7.99. The summed E-state index contributed by atoms with van der Waals surface area (Å²) in [6.07, 6.45) is 0. The van der Waals surface area contributed by atoms with E-state index < -0.39 is 4.92 Å². The first kappa shape index (κ1) is 19.8. The van der Waals surface area contributed by atoms with Gasteiger partial charge >= 0.3 is 0 Å². The minimum absolute atomic E-state index is 0.0224. The van der Waals surface area contributed by atoms with Crippen LogP contribution in [-0.2, 0) is 11.8 Å². The first-order valence-corrected chi connectivity index (χ1v) is 9.54. The first-order chi connectivity index (χ1) is 13.3. The maximum absolute atomic E-state index is 12.2. The Bertz CT molecular complexity index is 1050. The molecule has 0 saturated carbocycles. The predicted molar refractivity (Wildman–Crippen MR) is 109 cm³/mol. The summed E-state index contributed by atoms with van der Waals surface area (Å²) in [5.41, 5.74) is 2.11. The number of hydrogen-bond acceptors (Lipinski definition) is 6. The number of non-ortho nitro benzene ring substituents is 1. The summed E-state index contributed by atoms with van der Waals surface area (Å²) in [7, 11) is 1.74. The van der Waals surface area contributed by atoms with E-state index in [4.69, 9.17) is 11.6 Å². The fourth-order valence-electron chi connectivity index (χ4n) is 2.45. The molecule has 0 radical (unpaired) electrons. The molecule has 2 aromatic carbocycles. The van der Waals surface area contributed by atoms with Crippen LogP contribution < -0.4 is 5.32 Å². The molecule has 0 aliphatic carbocycles. The molecule has 0 bridgehead atoms. The van der Waals surface area contributed by atoms with Gasteiger partial charge in [0.05, 0.1) is 10.7 Å². The van der Waals surface area contributed by atoms with Crippen LogP contribution >= 0.6 is 23.4 Å². The Hall–Kier alpha value is -2.91. The Morgan fingerprint density at radius 3 is 2.79 bits per heavy atom. The standard InChI is InChI=1S/C18H16ClN5O3S/c1-11-6-7-13(9-15(11)19)20-16(25)10-28-18-22-21-17(23(18)2)12-4-3-5-14(8-12)24(26)27/h3-9H,10H2,1-2H3,(H,20,25). The predicted octanol–water partition coefficient (Wildman–Crippen LogP) is 4.08. The molecule has 1 amide bonds. The third-order valence-corrected chi connectivity index (χ3v) is 5.37. The van der Waals surface area contributed by atoms with Crippen molar-refractivity contribution in [2.24, 2.45) is 7.05 Å². The van der Waals surface area contributed by atoms with Gasteiger partial charge in [-0.3, -0.25) is 14.9 Å². The van der Waals surface area contributed by atoms with Gasteiger partial charge in [-0.1, -0.05) is 41.6 Å². The van der Waals surface area contributed by atoms with E-state index >= 15 is 0 Å².